The number of hydrogen-bond donors (Lipinski definition) is 1. The third-order valence-corrected chi connectivity index (χ3v) is 4.67. The summed E-state index contributed by atoms with van der Waals surface area (Å²) in [5.74, 6) is 0. The highest BCUT2D eigenvalue weighted by Crippen LogP contribution is 2.34. The van der Waals surface area contributed by atoms with Crippen molar-refractivity contribution in [2.24, 2.45) is 5.73 Å². The summed E-state index contributed by atoms with van der Waals surface area (Å²) in [7, 11) is 0. The lowest BCUT2D eigenvalue weighted by Crippen LogP contribution is -2.57. The molecule has 0 radical (unpaired) electrons. The van der Waals surface area contributed by atoms with E-state index < -0.39 is 0 Å². The van der Waals surface area contributed by atoms with Gasteiger partial charge in [-0.15, -0.1) is 0 Å². The number of fused-ring (bicyclic) bond motifs is 1. The number of nitrogens with zero attached hydrogens (tertiary/aromatic N) is 1. The molecule has 2 unspecified atom stereocenters. The highest BCUT2D eigenvalue weighted by Gasteiger charge is 2.35. The number of nitrogens with two attached hydrogens (primary N) is 1. The average Bonchev–Trinajstić information content (AvgIpc) is 2.60. The first kappa shape index (κ1) is 13.4. The lowest BCUT2D eigenvalue weighted by molar-refractivity contribution is 0.346. The van der Waals surface area contributed by atoms with Crippen LogP contribution < -0.4 is 10.6 Å². The Morgan fingerprint density at radius 3 is 2.72 bits per heavy atom. The Bertz CT molecular complexity index is 400. The number of para-hydroxylation sites is 1. The fourth-order valence-electron chi connectivity index (χ4n) is 2.98. The Balaban J connectivity index is 2.44. The molecule has 1 heterocycles. The standard InChI is InChI=1S/C16H26N2/c1-4-16(3,13(2)17)18-12-8-7-10-14-9-5-6-11-15(14)18/h5-6,9,11,13H,4,7-8,10,12,17H2,1-3H3. The van der Waals surface area contributed by atoms with E-state index in [0.29, 0.717) is 0 Å². The minimum absolute atomic E-state index is 0.0560. The topological polar surface area (TPSA) is 29.3 Å². The van der Waals surface area contributed by atoms with Crippen molar-refractivity contribution in [3.05, 3.63) is 29.8 Å². The van der Waals surface area contributed by atoms with Crippen LogP contribution in [0.15, 0.2) is 24.3 Å². The smallest absolute Gasteiger partial charge is 0.0519 e. The van der Waals surface area contributed by atoms with E-state index in [0.717, 1.165) is 13.0 Å². The molecule has 0 bridgehead atoms. The number of anilines is 1. The van der Waals surface area contributed by atoms with Gasteiger partial charge in [0.1, 0.15) is 0 Å². The fourth-order valence-corrected chi connectivity index (χ4v) is 2.98. The molecule has 2 nitrogen and oxygen atoms in total. The minimum atomic E-state index is 0.0560. The number of hydrogen-bond acceptors (Lipinski definition) is 2. The van der Waals surface area contributed by atoms with Gasteiger partial charge in [-0.1, -0.05) is 25.1 Å². The molecule has 2 heteroatoms. The van der Waals surface area contributed by atoms with Crippen LogP contribution in [0.3, 0.4) is 0 Å². The van der Waals surface area contributed by atoms with Gasteiger partial charge < -0.3 is 10.6 Å². The number of aryl methyl sites for hydroxylation is 1. The molecule has 1 aliphatic heterocycles. The molecule has 2 N–H and O–H groups in total. The second kappa shape index (κ2) is 5.31. The van der Waals surface area contributed by atoms with Crippen LogP contribution in [-0.4, -0.2) is 18.1 Å². The molecule has 2 atom stereocenters. The zero-order valence-corrected chi connectivity index (χ0v) is 11.9. The van der Waals surface area contributed by atoms with Gasteiger partial charge in [0.05, 0.1) is 5.54 Å². The molecule has 0 fully saturated rings. The van der Waals surface area contributed by atoms with Crippen molar-refractivity contribution in [1.29, 1.82) is 0 Å². The largest absolute Gasteiger partial charge is 0.364 e. The average molecular weight is 246 g/mol. The maximum Gasteiger partial charge on any atom is 0.0519 e. The second-order valence-corrected chi connectivity index (χ2v) is 5.74. The summed E-state index contributed by atoms with van der Waals surface area (Å²) in [4.78, 5) is 2.56. The predicted molar refractivity (Wildman–Crippen MR) is 79.1 cm³/mol. The van der Waals surface area contributed by atoms with Crippen LogP contribution in [-0.2, 0) is 6.42 Å². The van der Waals surface area contributed by atoms with Gasteiger partial charge in [-0.2, -0.15) is 0 Å². The highest BCUT2D eigenvalue weighted by molar-refractivity contribution is 5.56. The summed E-state index contributed by atoms with van der Waals surface area (Å²) in [5, 5.41) is 0. The van der Waals surface area contributed by atoms with Gasteiger partial charge in [-0.3, -0.25) is 0 Å². The molecular formula is C16H26N2. The van der Waals surface area contributed by atoms with E-state index in [1.54, 1.807) is 0 Å². The van der Waals surface area contributed by atoms with Gasteiger partial charge in [-0.05, 0) is 51.2 Å². The van der Waals surface area contributed by atoms with E-state index in [1.807, 2.05) is 0 Å². The van der Waals surface area contributed by atoms with Gasteiger partial charge in [0.15, 0.2) is 0 Å². The van der Waals surface area contributed by atoms with E-state index in [1.165, 1.54) is 30.5 Å². The molecule has 1 aliphatic rings. The predicted octanol–water partition coefficient (Wildman–Crippen LogP) is 3.35. The molecule has 0 aromatic heterocycles. The van der Waals surface area contributed by atoms with Crippen molar-refractivity contribution in [3.63, 3.8) is 0 Å². The molecule has 1 aromatic rings. The lowest BCUT2D eigenvalue weighted by Gasteiger charge is -2.45. The maximum atomic E-state index is 6.28. The first-order chi connectivity index (χ1) is 8.59. The van der Waals surface area contributed by atoms with Crippen LogP contribution in [0, 0.1) is 0 Å². The molecule has 0 spiro atoms. The van der Waals surface area contributed by atoms with Crippen LogP contribution in [0.5, 0.6) is 0 Å². The monoisotopic (exact) mass is 246 g/mol. The van der Waals surface area contributed by atoms with Crippen LogP contribution in [0.1, 0.15) is 45.6 Å². The van der Waals surface area contributed by atoms with Gasteiger partial charge >= 0.3 is 0 Å². The molecule has 0 saturated heterocycles. The zero-order chi connectivity index (χ0) is 13.2. The Morgan fingerprint density at radius 1 is 1.33 bits per heavy atom. The summed E-state index contributed by atoms with van der Waals surface area (Å²) >= 11 is 0. The van der Waals surface area contributed by atoms with E-state index in [2.05, 4.69) is 49.9 Å². The fraction of sp³-hybridized carbons (Fsp3) is 0.625. The van der Waals surface area contributed by atoms with Gasteiger partial charge in [0, 0.05) is 18.3 Å². The third kappa shape index (κ3) is 2.26. The van der Waals surface area contributed by atoms with Gasteiger partial charge in [0.2, 0.25) is 0 Å². The van der Waals surface area contributed by atoms with Crippen molar-refractivity contribution in [2.45, 2.75) is 58.0 Å². The van der Waals surface area contributed by atoms with Crippen LogP contribution in [0.2, 0.25) is 0 Å². The summed E-state index contributed by atoms with van der Waals surface area (Å²) < 4.78 is 0. The molecule has 18 heavy (non-hydrogen) atoms. The van der Waals surface area contributed by atoms with E-state index >= 15 is 0 Å². The Kier molecular flexibility index (Phi) is 3.96. The first-order valence-electron chi connectivity index (χ1n) is 7.20. The summed E-state index contributed by atoms with van der Waals surface area (Å²) in [6.07, 6.45) is 4.83. The maximum absolute atomic E-state index is 6.28. The molecule has 100 valence electrons. The van der Waals surface area contributed by atoms with Crippen molar-refractivity contribution < 1.29 is 0 Å². The zero-order valence-electron chi connectivity index (χ0n) is 11.9. The summed E-state index contributed by atoms with van der Waals surface area (Å²) in [6.45, 7) is 7.82. The van der Waals surface area contributed by atoms with E-state index in [9.17, 15) is 0 Å². The Morgan fingerprint density at radius 2 is 2.06 bits per heavy atom. The van der Waals surface area contributed by atoms with Crippen LogP contribution >= 0.6 is 0 Å². The quantitative estimate of drug-likeness (QED) is 0.886. The Labute approximate surface area is 111 Å². The van der Waals surface area contributed by atoms with E-state index in [-0.39, 0.29) is 11.6 Å². The van der Waals surface area contributed by atoms with Gasteiger partial charge in [-0.25, -0.2) is 0 Å². The van der Waals surface area contributed by atoms with Crippen molar-refractivity contribution >= 4 is 5.69 Å². The SMILES string of the molecule is CCC(C)(C(C)N)N1CCCCc2ccccc21. The van der Waals surface area contributed by atoms with Crippen LogP contribution in [0.4, 0.5) is 5.69 Å². The molecule has 2 rings (SSSR count). The first-order valence-corrected chi connectivity index (χ1v) is 7.20. The third-order valence-electron chi connectivity index (χ3n) is 4.67. The molecular weight excluding hydrogens is 220 g/mol. The number of rotatable bonds is 3. The highest BCUT2D eigenvalue weighted by atomic mass is 15.2. The van der Waals surface area contributed by atoms with Crippen molar-refractivity contribution in [1.82, 2.24) is 0 Å². The summed E-state index contributed by atoms with van der Waals surface area (Å²) in [6, 6.07) is 9.00. The molecule has 0 aliphatic carbocycles. The molecule has 0 saturated carbocycles. The van der Waals surface area contributed by atoms with Crippen molar-refractivity contribution in [3.8, 4) is 0 Å². The van der Waals surface area contributed by atoms with Crippen LogP contribution in [0.25, 0.3) is 0 Å². The minimum Gasteiger partial charge on any atom is -0.364 e. The molecule has 1 aromatic carbocycles. The van der Waals surface area contributed by atoms with Crippen molar-refractivity contribution in [2.75, 3.05) is 11.4 Å². The summed E-state index contributed by atoms with van der Waals surface area (Å²) in [5.41, 5.74) is 9.22. The Hall–Kier alpha value is -1.02. The lowest BCUT2D eigenvalue weighted by atomic mass is 9.87. The normalized spacial score (nSPS) is 20.8. The van der Waals surface area contributed by atoms with E-state index in [4.69, 9.17) is 5.73 Å². The number of benzene rings is 1. The molecule has 0 amide bonds. The van der Waals surface area contributed by atoms with Gasteiger partial charge in [0.25, 0.3) is 0 Å². The second-order valence-electron chi connectivity index (χ2n) is 5.74.